The van der Waals surface area contributed by atoms with E-state index in [0.29, 0.717) is 23.2 Å². The lowest BCUT2D eigenvalue weighted by atomic mass is 9.68. The van der Waals surface area contributed by atoms with Gasteiger partial charge in [-0.3, -0.25) is 4.79 Å². The number of aromatic nitrogens is 1. The number of ether oxygens (including phenoxy) is 1. The Morgan fingerprint density at radius 3 is 3.20 bits per heavy atom. The second kappa shape index (κ2) is 5.39. The van der Waals surface area contributed by atoms with Crippen molar-refractivity contribution >= 4 is 17.5 Å². The Balaban J connectivity index is 1.70. The number of amides is 1. The van der Waals surface area contributed by atoms with E-state index in [0.717, 1.165) is 19.4 Å². The van der Waals surface area contributed by atoms with Crippen LogP contribution in [0.4, 0.5) is 0 Å². The lowest BCUT2D eigenvalue weighted by Gasteiger charge is -2.52. The van der Waals surface area contributed by atoms with Crippen molar-refractivity contribution in [2.75, 3.05) is 6.61 Å². The van der Waals surface area contributed by atoms with E-state index in [1.54, 1.807) is 12.3 Å². The van der Waals surface area contributed by atoms with Crippen LogP contribution in [-0.2, 0) is 11.3 Å². The summed E-state index contributed by atoms with van der Waals surface area (Å²) >= 11 is 5.96. The predicted octanol–water partition coefficient (Wildman–Crippen LogP) is 1.40. The maximum absolute atomic E-state index is 12.4. The number of nitrogens with two attached hydrogens (primary N) is 1. The lowest BCUT2D eigenvalue weighted by Crippen LogP contribution is -2.72. The summed E-state index contributed by atoms with van der Waals surface area (Å²) in [5.41, 5.74) is 6.73. The highest BCUT2D eigenvalue weighted by Crippen LogP contribution is 2.37. The van der Waals surface area contributed by atoms with Gasteiger partial charge in [0.15, 0.2) is 0 Å². The van der Waals surface area contributed by atoms with E-state index >= 15 is 0 Å². The molecule has 3 rings (SSSR count). The molecular formula is C14H20ClN3O2. The largest absolute Gasteiger partial charge is 0.376 e. The highest BCUT2D eigenvalue weighted by Gasteiger charge is 2.51. The van der Waals surface area contributed by atoms with Crippen molar-refractivity contribution in [1.29, 1.82) is 0 Å². The van der Waals surface area contributed by atoms with Gasteiger partial charge in [0.2, 0.25) is 0 Å². The van der Waals surface area contributed by atoms with Crippen molar-refractivity contribution in [3.8, 4) is 0 Å². The fourth-order valence-corrected chi connectivity index (χ4v) is 3.50. The number of nitrogens with zero attached hydrogens (tertiary/aromatic N) is 1. The van der Waals surface area contributed by atoms with E-state index in [-0.39, 0.29) is 24.1 Å². The first kappa shape index (κ1) is 13.9. The molecule has 5 nitrogen and oxygen atoms in total. The monoisotopic (exact) mass is 297 g/mol. The summed E-state index contributed by atoms with van der Waals surface area (Å²) in [7, 11) is 0. The normalized spacial score (nSPS) is 32.4. The minimum Gasteiger partial charge on any atom is -0.376 e. The Hall–Kier alpha value is -1.04. The molecule has 3 N–H and O–H groups in total. The Morgan fingerprint density at radius 2 is 2.45 bits per heavy atom. The van der Waals surface area contributed by atoms with Crippen LogP contribution in [0.3, 0.4) is 0 Å². The summed E-state index contributed by atoms with van der Waals surface area (Å²) in [6.07, 6.45) is 3.99. The average Bonchev–Trinajstić information content (AvgIpc) is 2.85. The van der Waals surface area contributed by atoms with Gasteiger partial charge in [-0.05, 0) is 25.8 Å². The van der Waals surface area contributed by atoms with Crippen molar-refractivity contribution in [2.45, 2.75) is 44.5 Å². The summed E-state index contributed by atoms with van der Waals surface area (Å²) in [5, 5.41) is 3.57. The highest BCUT2D eigenvalue weighted by atomic mass is 35.5. The Kier molecular flexibility index (Phi) is 3.75. The molecule has 0 spiro atoms. The molecular weight excluding hydrogens is 278 g/mol. The van der Waals surface area contributed by atoms with Gasteiger partial charge < -0.3 is 20.4 Å². The van der Waals surface area contributed by atoms with Crippen molar-refractivity contribution in [3.05, 3.63) is 23.0 Å². The van der Waals surface area contributed by atoms with Gasteiger partial charge >= 0.3 is 0 Å². The topological polar surface area (TPSA) is 69.3 Å². The Bertz CT molecular complexity index is 517. The number of carbonyl (C=O) groups is 1. The van der Waals surface area contributed by atoms with Crippen LogP contribution in [0.25, 0.3) is 0 Å². The third kappa shape index (κ3) is 2.24. The molecule has 0 bridgehead atoms. The number of hydrogen-bond acceptors (Lipinski definition) is 3. The summed E-state index contributed by atoms with van der Waals surface area (Å²) in [6, 6.07) is 1.58. The number of fused-ring (bicyclic) bond motifs is 1. The Morgan fingerprint density at radius 1 is 1.65 bits per heavy atom. The maximum Gasteiger partial charge on any atom is 0.268 e. The highest BCUT2D eigenvalue weighted by molar-refractivity contribution is 6.31. The second-order valence-electron chi connectivity index (χ2n) is 5.55. The smallest absolute Gasteiger partial charge is 0.268 e. The molecule has 0 aromatic carbocycles. The first-order chi connectivity index (χ1) is 9.61. The van der Waals surface area contributed by atoms with Crippen molar-refractivity contribution < 1.29 is 9.53 Å². The summed E-state index contributed by atoms with van der Waals surface area (Å²) in [4.78, 5) is 12.4. The molecule has 2 aliphatic rings. The van der Waals surface area contributed by atoms with Gasteiger partial charge in [-0.15, -0.1) is 0 Å². The van der Waals surface area contributed by atoms with Crippen molar-refractivity contribution in [3.63, 3.8) is 0 Å². The van der Waals surface area contributed by atoms with Crippen LogP contribution in [0.1, 0.15) is 30.3 Å². The number of hydrogen-bond donors (Lipinski definition) is 2. The number of rotatable bonds is 3. The molecule has 2 heterocycles. The molecule has 1 aromatic heterocycles. The number of nitrogens with one attached hydrogen (secondary N) is 1. The van der Waals surface area contributed by atoms with E-state index in [1.165, 1.54) is 0 Å². The SMILES string of the molecule is CCn1cc(Cl)cc1C(=O)NC1C(N)C2CCCOC21. The molecule has 1 amide bonds. The zero-order valence-corrected chi connectivity index (χ0v) is 12.3. The van der Waals surface area contributed by atoms with Crippen LogP contribution in [0.5, 0.6) is 0 Å². The van der Waals surface area contributed by atoms with Crippen LogP contribution in [0.15, 0.2) is 12.3 Å². The number of halogens is 1. The zero-order valence-electron chi connectivity index (χ0n) is 11.5. The molecule has 2 fully saturated rings. The minimum atomic E-state index is -0.133. The fourth-order valence-electron chi connectivity index (χ4n) is 3.28. The predicted molar refractivity (Wildman–Crippen MR) is 76.8 cm³/mol. The molecule has 6 heteroatoms. The molecule has 1 saturated carbocycles. The number of aryl methyl sites for hydroxylation is 1. The van der Waals surface area contributed by atoms with Gasteiger partial charge in [0.05, 0.1) is 17.2 Å². The van der Waals surface area contributed by atoms with Gasteiger partial charge in [-0.1, -0.05) is 11.6 Å². The minimum absolute atomic E-state index is 0.00948. The standard InChI is InChI=1S/C14H20ClN3O2/c1-2-18-7-8(15)6-10(18)14(19)17-12-11(16)9-4-3-5-20-13(9)12/h6-7,9,11-13H,2-5,16H2,1H3,(H,17,19). The van der Waals surface area contributed by atoms with Crippen LogP contribution < -0.4 is 11.1 Å². The molecule has 1 saturated heterocycles. The molecule has 4 atom stereocenters. The maximum atomic E-state index is 12.4. The Labute approximate surface area is 123 Å². The van der Waals surface area contributed by atoms with Gasteiger partial charge in [0.25, 0.3) is 5.91 Å². The quantitative estimate of drug-likeness (QED) is 0.886. The van der Waals surface area contributed by atoms with Gasteiger partial charge in [-0.25, -0.2) is 0 Å². The van der Waals surface area contributed by atoms with Crippen molar-refractivity contribution in [2.24, 2.45) is 11.7 Å². The first-order valence-corrected chi connectivity index (χ1v) is 7.53. The summed E-state index contributed by atoms with van der Waals surface area (Å²) in [5.74, 6) is 0.252. The van der Waals surface area contributed by atoms with Crippen molar-refractivity contribution in [1.82, 2.24) is 9.88 Å². The van der Waals surface area contributed by atoms with Crippen LogP contribution in [0, 0.1) is 5.92 Å². The molecule has 4 unspecified atom stereocenters. The molecule has 20 heavy (non-hydrogen) atoms. The molecule has 1 aromatic rings. The third-order valence-corrected chi connectivity index (χ3v) is 4.62. The molecule has 0 radical (unpaired) electrons. The van der Waals surface area contributed by atoms with E-state index in [1.807, 2.05) is 11.5 Å². The molecule has 1 aliphatic carbocycles. The second-order valence-corrected chi connectivity index (χ2v) is 5.98. The van der Waals surface area contributed by atoms with Crippen LogP contribution in [-0.4, -0.2) is 35.3 Å². The fraction of sp³-hybridized carbons (Fsp3) is 0.643. The average molecular weight is 298 g/mol. The van der Waals surface area contributed by atoms with Crippen LogP contribution >= 0.6 is 11.6 Å². The van der Waals surface area contributed by atoms with E-state index < -0.39 is 0 Å². The van der Waals surface area contributed by atoms with E-state index in [2.05, 4.69) is 5.32 Å². The first-order valence-electron chi connectivity index (χ1n) is 7.15. The number of carbonyl (C=O) groups excluding carboxylic acids is 1. The molecule has 1 aliphatic heterocycles. The van der Waals surface area contributed by atoms with Gasteiger partial charge in [0.1, 0.15) is 5.69 Å². The van der Waals surface area contributed by atoms with Crippen LogP contribution in [0.2, 0.25) is 5.02 Å². The van der Waals surface area contributed by atoms with E-state index in [4.69, 9.17) is 22.1 Å². The summed E-state index contributed by atoms with van der Waals surface area (Å²) < 4.78 is 7.57. The molecule has 110 valence electrons. The van der Waals surface area contributed by atoms with E-state index in [9.17, 15) is 4.79 Å². The summed E-state index contributed by atoms with van der Waals surface area (Å²) in [6.45, 7) is 3.44. The lowest BCUT2D eigenvalue weighted by molar-refractivity contribution is -0.117. The third-order valence-electron chi connectivity index (χ3n) is 4.41. The zero-order chi connectivity index (χ0) is 14.3. The van der Waals surface area contributed by atoms with Gasteiger partial charge in [0, 0.05) is 31.3 Å². The van der Waals surface area contributed by atoms with Gasteiger partial charge in [-0.2, -0.15) is 0 Å².